The van der Waals surface area contributed by atoms with Gasteiger partial charge in [0.2, 0.25) is 0 Å². The fourth-order valence-corrected chi connectivity index (χ4v) is 4.04. The molecule has 1 fully saturated rings. The highest BCUT2D eigenvalue weighted by atomic mass is 35.5. The number of nitrogens with zero attached hydrogens (tertiary/aromatic N) is 2. The highest BCUT2D eigenvalue weighted by Crippen LogP contribution is 2.39. The van der Waals surface area contributed by atoms with E-state index in [0.717, 1.165) is 46.0 Å². The van der Waals surface area contributed by atoms with Crippen LogP contribution in [0, 0.1) is 0 Å². The Kier molecular flexibility index (Phi) is 4.51. The smallest absolute Gasteiger partial charge is 0.260 e. The molecular weight excluding hydrogens is 355 g/mol. The summed E-state index contributed by atoms with van der Waals surface area (Å²) in [7, 11) is 0. The zero-order valence-corrected chi connectivity index (χ0v) is 14.6. The van der Waals surface area contributed by atoms with Crippen LogP contribution in [0.5, 0.6) is 0 Å². The normalized spacial score (nSPS) is 16.4. The molecule has 23 heavy (non-hydrogen) atoms. The summed E-state index contributed by atoms with van der Waals surface area (Å²) in [4.78, 5) is 8.71. The van der Waals surface area contributed by atoms with E-state index in [2.05, 4.69) is 15.1 Å². The van der Waals surface area contributed by atoms with Crippen LogP contribution in [0.4, 0.5) is 0 Å². The molecule has 0 aromatic carbocycles. The molecule has 0 bridgehead atoms. The summed E-state index contributed by atoms with van der Waals surface area (Å²) < 4.78 is 6.22. The van der Waals surface area contributed by atoms with Gasteiger partial charge in [0.15, 0.2) is 5.82 Å². The third-order valence-corrected chi connectivity index (χ3v) is 5.45. The second-order valence-electron chi connectivity index (χ2n) is 5.67. The molecule has 0 radical (unpaired) electrons. The molecule has 0 unspecified atom stereocenters. The van der Waals surface area contributed by atoms with Crippen LogP contribution < -0.4 is 5.73 Å². The Morgan fingerprint density at radius 2 is 1.96 bits per heavy atom. The molecule has 3 heterocycles. The van der Waals surface area contributed by atoms with Crippen molar-refractivity contribution in [2.24, 2.45) is 5.73 Å². The van der Waals surface area contributed by atoms with Gasteiger partial charge in [-0.3, -0.25) is 0 Å². The number of aromatic amines is 1. The zero-order valence-electron chi connectivity index (χ0n) is 12.2. The Balaban J connectivity index is 0.00000156. The molecule has 8 heteroatoms. The van der Waals surface area contributed by atoms with Gasteiger partial charge in [-0.05, 0) is 25.0 Å². The van der Waals surface area contributed by atoms with Gasteiger partial charge in [0.25, 0.3) is 5.89 Å². The van der Waals surface area contributed by atoms with Crippen molar-refractivity contribution in [2.45, 2.75) is 31.2 Å². The van der Waals surface area contributed by atoms with E-state index in [-0.39, 0.29) is 12.4 Å². The van der Waals surface area contributed by atoms with Gasteiger partial charge in [0.1, 0.15) is 0 Å². The maximum Gasteiger partial charge on any atom is 0.260 e. The van der Waals surface area contributed by atoms with E-state index < -0.39 is 5.54 Å². The summed E-state index contributed by atoms with van der Waals surface area (Å²) in [5.74, 6) is 1.10. The van der Waals surface area contributed by atoms with Crippen LogP contribution in [-0.4, -0.2) is 15.1 Å². The maximum atomic E-state index is 6.39. The van der Waals surface area contributed by atoms with E-state index >= 15 is 0 Å². The van der Waals surface area contributed by atoms with Crippen molar-refractivity contribution in [1.82, 2.24) is 15.1 Å². The van der Waals surface area contributed by atoms with Gasteiger partial charge in [-0.1, -0.05) is 29.6 Å². The highest BCUT2D eigenvalue weighted by Gasteiger charge is 2.36. The number of thiophene rings is 1. The summed E-state index contributed by atoms with van der Waals surface area (Å²) >= 11 is 7.54. The second kappa shape index (κ2) is 6.28. The first-order chi connectivity index (χ1) is 10.7. The van der Waals surface area contributed by atoms with Crippen molar-refractivity contribution in [2.75, 3.05) is 0 Å². The molecule has 4 rings (SSSR count). The summed E-state index contributed by atoms with van der Waals surface area (Å²) in [6.45, 7) is 0. The molecule has 0 spiro atoms. The number of hydrogen-bond donors (Lipinski definition) is 2. The molecule has 0 atom stereocenters. The number of halogens is 2. The number of nitrogens with two attached hydrogens (primary N) is 1. The molecule has 3 aromatic rings. The van der Waals surface area contributed by atoms with Gasteiger partial charge in [0.05, 0.1) is 15.4 Å². The number of rotatable bonds is 3. The Labute approximate surface area is 148 Å². The molecule has 3 aromatic heterocycles. The van der Waals surface area contributed by atoms with Crippen molar-refractivity contribution in [3.8, 4) is 21.9 Å². The molecule has 5 nitrogen and oxygen atoms in total. The van der Waals surface area contributed by atoms with E-state index in [4.69, 9.17) is 21.9 Å². The predicted octanol–water partition coefficient (Wildman–Crippen LogP) is 4.60. The lowest BCUT2D eigenvalue weighted by Gasteiger charge is -2.17. The van der Waals surface area contributed by atoms with E-state index in [9.17, 15) is 0 Å². The molecule has 1 aliphatic rings. The molecule has 1 aliphatic carbocycles. The first-order valence-corrected chi connectivity index (χ1v) is 8.41. The molecule has 0 aliphatic heterocycles. The molecule has 3 N–H and O–H groups in total. The lowest BCUT2D eigenvalue weighted by molar-refractivity contribution is 0.372. The Morgan fingerprint density at radius 3 is 2.65 bits per heavy atom. The van der Waals surface area contributed by atoms with Crippen molar-refractivity contribution < 1.29 is 4.52 Å². The van der Waals surface area contributed by atoms with Gasteiger partial charge >= 0.3 is 0 Å². The minimum Gasteiger partial charge on any atom is -0.366 e. The van der Waals surface area contributed by atoms with Gasteiger partial charge in [0, 0.05) is 22.8 Å². The number of aromatic nitrogens is 3. The lowest BCUT2D eigenvalue weighted by atomic mass is 9.98. The van der Waals surface area contributed by atoms with Crippen LogP contribution in [-0.2, 0) is 5.54 Å². The van der Waals surface area contributed by atoms with Crippen molar-refractivity contribution in [3.63, 3.8) is 0 Å². The van der Waals surface area contributed by atoms with Crippen LogP contribution in [0.25, 0.3) is 21.9 Å². The zero-order chi connectivity index (χ0) is 15.2. The van der Waals surface area contributed by atoms with E-state index in [0.29, 0.717) is 11.7 Å². The fourth-order valence-electron chi connectivity index (χ4n) is 2.97. The predicted molar refractivity (Wildman–Crippen MR) is 94.0 cm³/mol. The standard InChI is InChI=1S/C15H15ClN4OS.ClH/c16-12-4-3-11(22-12)9-7-18-8-10(9)13-19-14(20-21-13)15(17)5-1-2-6-15;/h3-4,7-8,18H,1-2,5-6,17H2;1H. The van der Waals surface area contributed by atoms with E-state index in [1.807, 2.05) is 24.5 Å². The summed E-state index contributed by atoms with van der Waals surface area (Å²) in [6.07, 6.45) is 7.82. The number of hydrogen-bond acceptors (Lipinski definition) is 5. The van der Waals surface area contributed by atoms with Crippen molar-refractivity contribution >= 4 is 35.3 Å². The van der Waals surface area contributed by atoms with Gasteiger partial charge in [-0.15, -0.1) is 23.7 Å². The Hall–Kier alpha value is -1.34. The Bertz CT molecular complexity index is 804. The maximum absolute atomic E-state index is 6.39. The minimum absolute atomic E-state index is 0. The third-order valence-electron chi connectivity index (χ3n) is 4.18. The topological polar surface area (TPSA) is 80.7 Å². The lowest BCUT2D eigenvalue weighted by Crippen LogP contribution is -2.34. The summed E-state index contributed by atoms with van der Waals surface area (Å²) in [5, 5.41) is 4.12. The monoisotopic (exact) mass is 370 g/mol. The van der Waals surface area contributed by atoms with Gasteiger partial charge in [-0.2, -0.15) is 4.98 Å². The second-order valence-corrected chi connectivity index (χ2v) is 7.39. The summed E-state index contributed by atoms with van der Waals surface area (Å²) in [6, 6.07) is 3.86. The van der Waals surface area contributed by atoms with Gasteiger partial charge < -0.3 is 15.2 Å². The molecular formula is C15H16Cl2N4OS. The average molecular weight is 371 g/mol. The first kappa shape index (κ1) is 16.5. The highest BCUT2D eigenvalue weighted by molar-refractivity contribution is 7.19. The quantitative estimate of drug-likeness (QED) is 0.705. The van der Waals surface area contributed by atoms with Crippen molar-refractivity contribution in [3.05, 3.63) is 34.7 Å². The van der Waals surface area contributed by atoms with E-state index in [1.54, 1.807) is 0 Å². The molecule has 0 amide bonds. The molecule has 0 saturated heterocycles. The van der Waals surface area contributed by atoms with Gasteiger partial charge in [-0.25, -0.2) is 0 Å². The minimum atomic E-state index is -0.440. The molecule has 122 valence electrons. The Morgan fingerprint density at radius 1 is 1.22 bits per heavy atom. The largest absolute Gasteiger partial charge is 0.366 e. The summed E-state index contributed by atoms with van der Waals surface area (Å²) in [5.41, 5.74) is 7.83. The number of H-pyrrole nitrogens is 1. The molecule has 1 saturated carbocycles. The fraction of sp³-hybridized carbons (Fsp3) is 0.333. The van der Waals surface area contributed by atoms with Crippen LogP contribution >= 0.6 is 35.3 Å². The number of nitrogens with one attached hydrogen (secondary N) is 1. The van der Waals surface area contributed by atoms with E-state index in [1.165, 1.54) is 11.3 Å². The average Bonchev–Trinajstić information content (AvgIpc) is 3.25. The van der Waals surface area contributed by atoms with Crippen molar-refractivity contribution in [1.29, 1.82) is 0 Å². The van der Waals surface area contributed by atoms with Crippen LogP contribution in [0.2, 0.25) is 4.34 Å². The SMILES string of the molecule is Cl.NC1(c2noc(-c3c[nH]cc3-c3ccc(Cl)s3)n2)CCCC1. The van der Waals surface area contributed by atoms with Crippen LogP contribution in [0.1, 0.15) is 31.5 Å². The first-order valence-electron chi connectivity index (χ1n) is 7.22. The van der Waals surface area contributed by atoms with Crippen LogP contribution in [0.3, 0.4) is 0 Å². The van der Waals surface area contributed by atoms with Crippen LogP contribution in [0.15, 0.2) is 29.0 Å². The third kappa shape index (κ3) is 2.92.